The highest BCUT2D eigenvalue weighted by molar-refractivity contribution is 6.08. The van der Waals surface area contributed by atoms with Gasteiger partial charge < -0.3 is 0 Å². The molecule has 0 aliphatic rings. The summed E-state index contributed by atoms with van der Waals surface area (Å²) in [6.07, 6.45) is 3.86. The molecule has 0 bridgehead atoms. The van der Waals surface area contributed by atoms with E-state index in [1.165, 1.54) is 19.2 Å². The van der Waals surface area contributed by atoms with Gasteiger partial charge in [0.15, 0.2) is 5.78 Å². The van der Waals surface area contributed by atoms with Gasteiger partial charge in [0.25, 0.3) is 0 Å². The molecule has 0 saturated heterocycles. The summed E-state index contributed by atoms with van der Waals surface area (Å²) in [6.45, 7) is 4.18. The van der Waals surface area contributed by atoms with E-state index in [4.69, 9.17) is 0 Å². The maximum Gasteiger partial charge on any atom is 0.199 e. The maximum absolute atomic E-state index is 13.6. The Morgan fingerprint density at radius 3 is 2.74 bits per heavy atom. The van der Waals surface area contributed by atoms with Crippen molar-refractivity contribution in [1.82, 2.24) is 9.78 Å². The summed E-state index contributed by atoms with van der Waals surface area (Å²) in [6, 6.07) is 1.96. The molecule has 0 radical (unpaired) electrons. The molecular formula is C14H14F2N2O. The SMILES string of the molecule is CCCn1cc(C(=O)c2cc(C)c(F)cc2F)cn1. The molecule has 1 heterocycles. The van der Waals surface area contributed by atoms with E-state index in [1.54, 1.807) is 10.9 Å². The van der Waals surface area contributed by atoms with Crippen LogP contribution in [-0.4, -0.2) is 15.6 Å². The predicted octanol–water partition coefficient (Wildman–Crippen LogP) is 3.11. The van der Waals surface area contributed by atoms with Crippen LogP contribution in [0.2, 0.25) is 0 Å². The lowest BCUT2D eigenvalue weighted by Crippen LogP contribution is -2.05. The van der Waals surface area contributed by atoms with Gasteiger partial charge in [-0.25, -0.2) is 8.78 Å². The van der Waals surface area contributed by atoms with Gasteiger partial charge in [-0.3, -0.25) is 9.48 Å². The van der Waals surface area contributed by atoms with E-state index in [0.29, 0.717) is 12.1 Å². The molecule has 0 N–H and O–H groups in total. The topological polar surface area (TPSA) is 34.9 Å². The van der Waals surface area contributed by atoms with E-state index in [1.807, 2.05) is 6.92 Å². The van der Waals surface area contributed by atoms with Crippen LogP contribution in [0.15, 0.2) is 24.5 Å². The fourth-order valence-electron chi connectivity index (χ4n) is 1.82. The second kappa shape index (κ2) is 5.30. The summed E-state index contributed by atoms with van der Waals surface area (Å²) in [4.78, 5) is 12.1. The quantitative estimate of drug-likeness (QED) is 0.795. The van der Waals surface area contributed by atoms with Crippen LogP contribution in [0.4, 0.5) is 8.78 Å². The minimum atomic E-state index is -0.851. The molecule has 5 heteroatoms. The second-order valence-corrected chi connectivity index (χ2v) is 4.40. The Hall–Kier alpha value is -2.04. The predicted molar refractivity (Wildman–Crippen MR) is 67.0 cm³/mol. The summed E-state index contributed by atoms with van der Waals surface area (Å²) in [7, 11) is 0. The highest BCUT2D eigenvalue weighted by Gasteiger charge is 2.17. The molecule has 0 fully saturated rings. The first kappa shape index (κ1) is 13.4. The summed E-state index contributed by atoms with van der Waals surface area (Å²) in [5.74, 6) is -1.99. The fourth-order valence-corrected chi connectivity index (χ4v) is 1.82. The lowest BCUT2D eigenvalue weighted by Gasteiger charge is -2.03. The number of benzene rings is 1. The standard InChI is InChI=1S/C14H14F2N2O/c1-3-4-18-8-10(7-17-18)14(19)11-5-9(2)12(15)6-13(11)16/h5-8H,3-4H2,1-2H3. The summed E-state index contributed by atoms with van der Waals surface area (Å²) in [5, 5.41) is 4.02. The summed E-state index contributed by atoms with van der Waals surface area (Å²) >= 11 is 0. The lowest BCUT2D eigenvalue weighted by molar-refractivity contribution is 0.103. The molecule has 19 heavy (non-hydrogen) atoms. The summed E-state index contributed by atoms with van der Waals surface area (Å²) < 4.78 is 28.4. The smallest absolute Gasteiger partial charge is 0.199 e. The zero-order valence-corrected chi connectivity index (χ0v) is 10.8. The van der Waals surface area contributed by atoms with E-state index in [0.717, 1.165) is 12.5 Å². The van der Waals surface area contributed by atoms with Crippen molar-refractivity contribution < 1.29 is 13.6 Å². The van der Waals surface area contributed by atoms with Gasteiger partial charge in [-0.15, -0.1) is 0 Å². The molecule has 100 valence electrons. The molecule has 0 atom stereocenters. The summed E-state index contributed by atoms with van der Waals surface area (Å²) in [5.41, 5.74) is 0.416. The number of halogens is 2. The van der Waals surface area contributed by atoms with E-state index >= 15 is 0 Å². The monoisotopic (exact) mass is 264 g/mol. The Labute approximate surface area is 109 Å². The van der Waals surface area contributed by atoms with Crippen molar-refractivity contribution in [3.8, 4) is 0 Å². The molecule has 0 saturated carbocycles. The third-order valence-electron chi connectivity index (χ3n) is 2.84. The zero-order chi connectivity index (χ0) is 14.0. The van der Waals surface area contributed by atoms with Crippen molar-refractivity contribution in [2.45, 2.75) is 26.8 Å². The molecular weight excluding hydrogens is 250 g/mol. The molecule has 1 aromatic carbocycles. The Morgan fingerprint density at radius 1 is 1.32 bits per heavy atom. The Morgan fingerprint density at radius 2 is 2.05 bits per heavy atom. The van der Waals surface area contributed by atoms with Crippen molar-refractivity contribution >= 4 is 5.78 Å². The van der Waals surface area contributed by atoms with E-state index < -0.39 is 17.4 Å². The molecule has 0 aliphatic heterocycles. The first-order valence-corrected chi connectivity index (χ1v) is 6.05. The normalized spacial score (nSPS) is 10.7. The maximum atomic E-state index is 13.6. The Bertz CT molecular complexity index is 620. The number of nitrogens with zero attached hydrogens (tertiary/aromatic N) is 2. The van der Waals surface area contributed by atoms with Gasteiger partial charge in [-0.2, -0.15) is 5.10 Å². The largest absolute Gasteiger partial charge is 0.288 e. The average Bonchev–Trinajstić information content (AvgIpc) is 2.82. The Balaban J connectivity index is 2.35. The minimum Gasteiger partial charge on any atom is -0.288 e. The number of carbonyl (C=O) groups is 1. The van der Waals surface area contributed by atoms with Crippen molar-refractivity contribution in [2.75, 3.05) is 0 Å². The van der Waals surface area contributed by atoms with Crippen LogP contribution in [0, 0.1) is 18.6 Å². The highest BCUT2D eigenvalue weighted by atomic mass is 19.1. The number of aromatic nitrogens is 2. The number of hydrogen-bond acceptors (Lipinski definition) is 2. The van der Waals surface area contributed by atoms with E-state index in [2.05, 4.69) is 5.10 Å². The Kier molecular flexibility index (Phi) is 3.74. The van der Waals surface area contributed by atoms with Crippen molar-refractivity contribution in [1.29, 1.82) is 0 Å². The second-order valence-electron chi connectivity index (χ2n) is 4.40. The number of hydrogen-bond donors (Lipinski definition) is 0. The van der Waals surface area contributed by atoms with Crippen LogP contribution in [0.1, 0.15) is 34.8 Å². The molecule has 0 aliphatic carbocycles. The van der Waals surface area contributed by atoms with Gasteiger partial charge >= 0.3 is 0 Å². The molecule has 0 spiro atoms. The van der Waals surface area contributed by atoms with Crippen molar-refractivity contribution in [3.63, 3.8) is 0 Å². The van der Waals surface area contributed by atoms with E-state index in [9.17, 15) is 13.6 Å². The minimum absolute atomic E-state index is 0.130. The lowest BCUT2D eigenvalue weighted by atomic mass is 10.0. The van der Waals surface area contributed by atoms with Crippen LogP contribution < -0.4 is 0 Å². The molecule has 0 unspecified atom stereocenters. The van der Waals surface area contributed by atoms with Crippen LogP contribution in [0.3, 0.4) is 0 Å². The van der Waals surface area contributed by atoms with Crippen LogP contribution in [-0.2, 0) is 6.54 Å². The molecule has 0 amide bonds. The molecule has 2 aromatic rings. The third kappa shape index (κ3) is 2.70. The van der Waals surface area contributed by atoms with Gasteiger partial charge in [0.05, 0.1) is 17.3 Å². The van der Waals surface area contributed by atoms with Crippen LogP contribution in [0.5, 0.6) is 0 Å². The van der Waals surface area contributed by atoms with Gasteiger partial charge in [0, 0.05) is 18.8 Å². The molecule has 3 nitrogen and oxygen atoms in total. The number of rotatable bonds is 4. The van der Waals surface area contributed by atoms with Crippen molar-refractivity contribution in [2.24, 2.45) is 0 Å². The number of carbonyl (C=O) groups excluding carboxylic acids is 1. The van der Waals surface area contributed by atoms with Crippen molar-refractivity contribution in [3.05, 3.63) is 52.9 Å². The average molecular weight is 264 g/mol. The van der Waals surface area contributed by atoms with Crippen LogP contribution >= 0.6 is 0 Å². The molecule has 1 aromatic heterocycles. The van der Waals surface area contributed by atoms with Crippen LogP contribution in [0.25, 0.3) is 0 Å². The number of aryl methyl sites for hydroxylation is 2. The fraction of sp³-hybridized carbons (Fsp3) is 0.286. The highest BCUT2D eigenvalue weighted by Crippen LogP contribution is 2.17. The van der Waals surface area contributed by atoms with Gasteiger partial charge in [0.1, 0.15) is 11.6 Å². The first-order valence-electron chi connectivity index (χ1n) is 6.05. The van der Waals surface area contributed by atoms with Gasteiger partial charge in [0.2, 0.25) is 0 Å². The third-order valence-corrected chi connectivity index (χ3v) is 2.84. The van der Waals surface area contributed by atoms with Gasteiger partial charge in [-0.05, 0) is 25.0 Å². The van der Waals surface area contributed by atoms with Gasteiger partial charge in [-0.1, -0.05) is 6.92 Å². The van der Waals surface area contributed by atoms with E-state index in [-0.39, 0.29) is 11.1 Å². The first-order chi connectivity index (χ1) is 9.02. The number of ketones is 1. The molecule has 2 rings (SSSR count). The zero-order valence-electron chi connectivity index (χ0n) is 10.8.